The number of fused-ring (bicyclic) bond motifs is 1. The lowest BCUT2D eigenvalue weighted by molar-refractivity contribution is -0.117. The third kappa shape index (κ3) is 4.56. The Hall–Kier alpha value is -4.52. The predicted octanol–water partition coefficient (Wildman–Crippen LogP) is 4.38. The number of methoxy groups -OCH3 is 1. The SMILES string of the molecule is COc1ccc(C#N)c(C2CC2C(=O)Nc2cc(NCc3cn4cc(C5CC5)ccc4n3)ncn2)c1F. The van der Waals surface area contributed by atoms with Gasteiger partial charge >= 0.3 is 0 Å². The van der Waals surface area contributed by atoms with Crippen molar-refractivity contribution in [1.82, 2.24) is 19.4 Å². The predicted molar refractivity (Wildman–Crippen MR) is 134 cm³/mol. The van der Waals surface area contributed by atoms with Crippen molar-refractivity contribution < 1.29 is 13.9 Å². The van der Waals surface area contributed by atoms with Crippen LogP contribution in [0.25, 0.3) is 5.65 Å². The van der Waals surface area contributed by atoms with Crippen LogP contribution >= 0.6 is 0 Å². The number of nitrogens with one attached hydrogen (secondary N) is 2. The minimum atomic E-state index is -0.592. The topological polar surface area (TPSA) is 117 Å². The zero-order valence-electron chi connectivity index (χ0n) is 20.1. The molecule has 1 amide bonds. The molecule has 1 aromatic carbocycles. The van der Waals surface area contributed by atoms with Gasteiger partial charge in [0, 0.05) is 35.9 Å². The lowest BCUT2D eigenvalue weighted by Crippen LogP contribution is -2.16. The molecule has 6 rings (SSSR count). The maximum absolute atomic E-state index is 14.8. The summed E-state index contributed by atoms with van der Waals surface area (Å²) in [6.07, 6.45) is 8.45. The Bertz CT molecular complexity index is 1560. The van der Waals surface area contributed by atoms with E-state index in [0.717, 1.165) is 11.3 Å². The molecule has 2 saturated carbocycles. The number of nitrogens with zero attached hydrogens (tertiary/aromatic N) is 5. The van der Waals surface area contributed by atoms with Crippen LogP contribution in [-0.2, 0) is 11.3 Å². The minimum absolute atomic E-state index is 0.0561. The van der Waals surface area contributed by atoms with Crippen molar-refractivity contribution >= 4 is 23.2 Å². The first-order valence-electron chi connectivity index (χ1n) is 12.1. The smallest absolute Gasteiger partial charge is 0.229 e. The Morgan fingerprint density at radius 1 is 1.22 bits per heavy atom. The number of carbonyl (C=O) groups is 1. The average Bonchev–Trinajstić information content (AvgIpc) is 3.84. The van der Waals surface area contributed by atoms with Crippen molar-refractivity contribution in [2.75, 3.05) is 17.7 Å². The Kier molecular flexibility index (Phi) is 5.68. The molecule has 0 saturated heterocycles. The average molecular weight is 498 g/mol. The molecule has 2 aliphatic rings. The van der Waals surface area contributed by atoms with E-state index < -0.39 is 11.7 Å². The number of pyridine rings is 1. The number of halogens is 1. The molecular formula is C27H24FN7O2. The first-order chi connectivity index (χ1) is 18.0. The molecule has 4 aromatic rings. The normalized spacial score (nSPS) is 18.3. The molecule has 2 N–H and O–H groups in total. The molecule has 2 unspecified atom stereocenters. The number of amides is 1. The largest absolute Gasteiger partial charge is 0.494 e. The number of rotatable bonds is 8. The van der Waals surface area contributed by atoms with E-state index in [4.69, 9.17) is 4.74 Å². The fourth-order valence-electron chi connectivity index (χ4n) is 4.72. The van der Waals surface area contributed by atoms with E-state index in [9.17, 15) is 14.4 Å². The van der Waals surface area contributed by atoms with Crippen LogP contribution in [0.3, 0.4) is 0 Å². The van der Waals surface area contributed by atoms with Crippen LogP contribution in [0.4, 0.5) is 16.0 Å². The quantitative estimate of drug-likeness (QED) is 0.371. The maximum Gasteiger partial charge on any atom is 0.229 e. The van der Waals surface area contributed by atoms with Crippen LogP contribution in [0.2, 0.25) is 0 Å². The first-order valence-corrected chi connectivity index (χ1v) is 12.1. The number of hydrogen-bond acceptors (Lipinski definition) is 7. The Labute approximate surface area is 212 Å². The van der Waals surface area contributed by atoms with Crippen molar-refractivity contribution in [3.63, 3.8) is 0 Å². The molecule has 0 spiro atoms. The maximum atomic E-state index is 14.8. The van der Waals surface area contributed by atoms with Crippen molar-refractivity contribution in [2.24, 2.45) is 5.92 Å². The van der Waals surface area contributed by atoms with Crippen LogP contribution in [0.1, 0.15) is 53.5 Å². The highest BCUT2D eigenvalue weighted by Gasteiger charge is 2.47. The summed E-state index contributed by atoms with van der Waals surface area (Å²) >= 11 is 0. The lowest BCUT2D eigenvalue weighted by atomic mass is 10.0. The van der Waals surface area contributed by atoms with Gasteiger partial charge in [0.2, 0.25) is 5.91 Å². The van der Waals surface area contributed by atoms with E-state index >= 15 is 0 Å². The molecular weight excluding hydrogens is 473 g/mol. The van der Waals surface area contributed by atoms with E-state index in [2.05, 4.69) is 37.8 Å². The highest BCUT2D eigenvalue weighted by atomic mass is 19.1. The Morgan fingerprint density at radius 2 is 2.05 bits per heavy atom. The number of benzene rings is 1. The molecule has 3 heterocycles. The van der Waals surface area contributed by atoms with Gasteiger partial charge in [0.25, 0.3) is 0 Å². The summed E-state index contributed by atoms with van der Waals surface area (Å²) < 4.78 is 21.9. The summed E-state index contributed by atoms with van der Waals surface area (Å²) in [5.74, 6) is -0.114. The van der Waals surface area contributed by atoms with Gasteiger partial charge in [-0.3, -0.25) is 4.79 Å². The molecule has 2 aliphatic carbocycles. The first kappa shape index (κ1) is 22.9. The lowest BCUT2D eigenvalue weighted by Gasteiger charge is -2.10. The van der Waals surface area contributed by atoms with Gasteiger partial charge in [0.1, 0.15) is 23.6 Å². The van der Waals surface area contributed by atoms with Crippen molar-refractivity contribution in [3.8, 4) is 11.8 Å². The van der Waals surface area contributed by atoms with Crippen molar-refractivity contribution in [2.45, 2.75) is 37.6 Å². The molecule has 0 bridgehead atoms. The van der Waals surface area contributed by atoms with E-state index in [1.165, 1.54) is 44.0 Å². The number of carbonyl (C=O) groups excluding carboxylic acids is 1. The molecule has 0 aliphatic heterocycles. The molecule has 3 aromatic heterocycles. The van der Waals surface area contributed by atoms with Crippen LogP contribution in [-0.4, -0.2) is 32.4 Å². The highest BCUT2D eigenvalue weighted by Crippen LogP contribution is 2.51. The second-order valence-electron chi connectivity index (χ2n) is 9.47. The van der Waals surface area contributed by atoms with Crippen molar-refractivity contribution in [3.05, 3.63) is 77.3 Å². The molecule has 10 heteroatoms. The molecule has 37 heavy (non-hydrogen) atoms. The Balaban J connectivity index is 1.10. The van der Waals surface area contributed by atoms with Gasteiger partial charge in [-0.15, -0.1) is 0 Å². The fourth-order valence-corrected chi connectivity index (χ4v) is 4.72. The summed E-state index contributed by atoms with van der Waals surface area (Å²) in [7, 11) is 1.37. The second-order valence-corrected chi connectivity index (χ2v) is 9.47. The minimum Gasteiger partial charge on any atom is -0.494 e. The van der Waals surface area contributed by atoms with Crippen LogP contribution in [0.15, 0.2) is 49.1 Å². The summed E-state index contributed by atoms with van der Waals surface area (Å²) in [5, 5.41) is 15.4. The summed E-state index contributed by atoms with van der Waals surface area (Å²) in [4.78, 5) is 25.9. The van der Waals surface area contributed by atoms with Crippen LogP contribution in [0, 0.1) is 23.1 Å². The van der Waals surface area contributed by atoms with Gasteiger partial charge in [0.05, 0.1) is 31.0 Å². The van der Waals surface area contributed by atoms with Gasteiger partial charge in [-0.25, -0.2) is 19.3 Å². The van der Waals surface area contributed by atoms with E-state index in [-0.39, 0.29) is 28.7 Å². The zero-order chi connectivity index (χ0) is 25.5. The monoisotopic (exact) mass is 497 g/mol. The standard InChI is InChI=1S/C27H24FN7O2/c1-37-21-6-4-16(10-29)25(26(21)28)19-8-20(19)27(36)34-23-9-22(31-14-32-23)30-11-18-13-35-12-17(15-2-3-15)5-7-24(35)33-18/h4-7,9,12-15,19-20H,2-3,8,11H2,1H3,(H2,30,31,32,34,36). The molecule has 0 radical (unpaired) electrons. The summed E-state index contributed by atoms with van der Waals surface area (Å²) in [6, 6.07) is 10.8. The second kappa shape index (κ2) is 9.17. The van der Waals surface area contributed by atoms with Gasteiger partial charge in [-0.1, -0.05) is 6.07 Å². The summed E-state index contributed by atoms with van der Waals surface area (Å²) in [5.41, 5.74) is 3.54. The van der Waals surface area contributed by atoms with E-state index in [0.29, 0.717) is 30.5 Å². The Morgan fingerprint density at radius 3 is 2.84 bits per heavy atom. The van der Waals surface area contributed by atoms with Gasteiger partial charge < -0.3 is 19.8 Å². The number of anilines is 2. The van der Waals surface area contributed by atoms with Gasteiger partial charge in [-0.05, 0) is 48.9 Å². The van der Waals surface area contributed by atoms with Crippen molar-refractivity contribution in [1.29, 1.82) is 5.26 Å². The number of hydrogen-bond donors (Lipinski definition) is 2. The fraction of sp³-hybridized carbons (Fsp3) is 0.296. The molecule has 9 nitrogen and oxygen atoms in total. The number of ether oxygens (including phenoxy) is 1. The number of nitriles is 1. The molecule has 2 fully saturated rings. The number of aromatic nitrogens is 4. The van der Waals surface area contributed by atoms with E-state index in [1.54, 1.807) is 6.07 Å². The molecule has 2 atom stereocenters. The summed E-state index contributed by atoms with van der Waals surface area (Å²) in [6.45, 7) is 0.460. The zero-order valence-corrected chi connectivity index (χ0v) is 20.1. The van der Waals surface area contributed by atoms with Gasteiger partial charge in [-0.2, -0.15) is 5.26 Å². The van der Waals surface area contributed by atoms with Crippen LogP contribution in [0.5, 0.6) is 5.75 Å². The molecule has 186 valence electrons. The number of imidazole rings is 1. The van der Waals surface area contributed by atoms with Gasteiger partial charge in [0.15, 0.2) is 11.6 Å². The van der Waals surface area contributed by atoms with E-state index in [1.807, 2.05) is 22.7 Å². The highest BCUT2D eigenvalue weighted by molar-refractivity contribution is 5.94. The third-order valence-electron chi connectivity index (χ3n) is 6.92. The third-order valence-corrected chi connectivity index (χ3v) is 6.92. The van der Waals surface area contributed by atoms with Crippen LogP contribution < -0.4 is 15.4 Å².